The third kappa shape index (κ3) is 5.75. The Hall–Kier alpha value is -2.02. The van der Waals surface area contributed by atoms with Crippen molar-refractivity contribution in [2.45, 2.75) is 33.1 Å². The zero-order valence-electron chi connectivity index (χ0n) is 12.2. The largest absolute Gasteiger partial charge is 0.481 e. The van der Waals surface area contributed by atoms with Gasteiger partial charge in [-0.2, -0.15) is 5.26 Å². The highest BCUT2D eigenvalue weighted by Gasteiger charge is 2.17. The Bertz CT molecular complexity index is 463. The van der Waals surface area contributed by atoms with Crippen LogP contribution in [0.1, 0.15) is 33.1 Å². The number of hydrogen-bond acceptors (Lipinski definition) is 3. The Morgan fingerprint density at radius 1 is 1.30 bits per heavy atom. The molecule has 0 unspecified atom stereocenters. The third-order valence-corrected chi connectivity index (χ3v) is 3.25. The van der Waals surface area contributed by atoms with E-state index in [1.165, 1.54) is 0 Å². The Morgan fingerprint density at radius 3 is 2.50 bits per heavy atom. The maximum Gasteiger partial charge on any atom is 0.305 e. The van der Waals surface area contributed by atoms with E-state index in [-0.39, 0.29) is 11.8 Å². The van der Waals surface area contributed by atoms with Gasteiger partial charge in [-0.3, -0.25) is 4.79 Å². The first kappa shape index (κ1) is 16.0. The molecule has 0 aliphatic carbocycles. The van der Waals surface area contributed by atoms with Gasteiger partial charge in [0.25, 0.3) is 0 Å². The smallest absolute Gasteiger partial charge is 0.305 e. The minimum Gasteiger partial charge on any atom is -0.481 e. The van der Waals surface area contributed by atoms with Crippen molar-refractivity contribution in [1.82, 2.24) is 0 Å². The van der Waals surface area contributed by atoms with E-state index in [1.807, 2.05) is 44.2 Å². The van der Waals surface area contributed by atoms with Crippen molar-refractivity contribution in [2.75, 3.05) is 18.0 Å². The van der Waals surface area contributed by atoms with Gasteiger partial charge >= 0.3 is 5.97 Å². The first-order chi connectivity index (χ1) is 9.44. The number of para-hydroxylation sites is 1. The van der Waals surface area contributed by atoms with Crippen LogP contribution in [-0.2, 0) is 4.79 Å². The number of hydrogen-bond donors (Lipinski definition) is 1. The van der Waals surface area contributed by atoms with Crippen molar-refractivity contribution >= 4 is 11.7 Å². The van der Waals surface area contributed by atoms with Gasteiger partial charge in [0.1, 0.15) is 0 Å². The fourth-order valence-electron chi connectivity index (χ4n) is 2.01. The average Bonchev–Trinajstić information content (AvgIpc) is 2.43. The van der Waals surface area contributed by atoms with Crippen LogP contribution in [0.15, 0.2) is 30.3 Å². The molecular formula is C16H22N2O2. The van der Waals surface area contributed by atoms with E-state index in [1.54, 1.807) is 0 Å². The number of rotatable bonds is 8. The second-order valence-electron chi connectivity index (χ2n) is 5.57. The number of anilines is 1. The van der Waals surface area contributed by atoms with Crippen LogP contribution in [0.3, 0.4) is 0 Å². The molecule has 1 aromatic carbocycles. The fourth-order valence-corrected chi connectivity index (χ4v) is 2.01. The minimum absolute atomic E-state index is 0.122. The van der Waals surface area contributed by atoms with Crippen LogP contribution in [-0.4, -0.2) is 24.2 Å². The zero-order chi connectivity index (χ0) is 15.0. The Labute approximate surface area is 120 Å². The lowest BCUT2D eigenvalue weighted by molar-refractivity contribution is -0.136. The van der Waals surface area contributed by atoms with Gasteiger partial charge in [-0.15, -0.1) is 0 Å². The van der Waals surface area contributed by atoms with E-state index in [2.05, 4.69) is 11.0 Å². The molecule has 0 heterocycles. The highest BCUT2D eigenvalue weighted by molar-refractivity contribution is 5.67. The molecule has 0 atom stereocenters. The molecule has 0 saturated heterocycles. The molecule has 4 heteroatoms. The van der Waals surface area contributed by atoms with Crippen LogP contribution < -0.4 is 4.90 Å². The Morgan fingerprint density at radius 2 is 1.95 bits per heavy atom. The monoisotopic (exact) mass is 274 g/mol. The number of aliphatic carboxylic acids is 1. The number of benzene rings is 1. The fraction of sp³-hybridized carbons (Fsp3) is 0.500. The van der Waals surface area contributed by atoms with Crippen molar-refractivity contribution in [2.24, 2.45) is 5.41 Å². The van der Waals surface area contributed by atoms with Crippen LogP contribution in [0, 0.1) is 16.7 Å². The normalized spacial score (nSPS) is 10.8. The number of carboxylic acid groups (broad SMARTS) is 1. The summed E-state index contributed by atoms with van der Waals surface area (Å²) in [6, 6.07) is 12.1. The number of carboxylic acids is 1. The molecule has 0 spiro atoms. The quantitative estimate of drug-likeness (QED) is 0.790. The van der Waals surface area contributed by atoms with Crippen molar-refractivity contribution < 1.29 is 9.90 Å². The first-order valence-electron chi connectivity index (χ1n) is 6.88. The van der Waals surface area contributed by atoms with Crippen LogP contribution in [0.4, 0.5) is 5.69 Å². The number of carbonyl (C=O) groups is 1. The summed E-state index contributed by atoms with van der Waals surface area (Å²) in [6.07, 6.45) is 1.80. The van der Waals surface area contributed by atoms with Gasteiger partial charge in [-0.05, 0) is 38.8 Å². The van der Waals surface area contributed by atoms with Crippen molar-refractivity contribution in [3.05, 3.63) is 30.3 Å². The van der Waals surface area contributed by atoms with Crippen molar-refractivity contribution in [1.29, 1.82) is 5.26 Å². The molecule has 0 saturated carbocycles. The standard InChI is InChI=1S/C16H22N2O2/c1-16(2,13-17)10-6-11-18(12-9-15(19)20)14-7-4-3-5-8-14/h3-5,7-8H,6,9-12H2,1-2H3,(H,19,20). The van der Waals surface area contributed by atoms with Gasteiger partial charge in [-0.1, -0.05) is 18.2 Å². The summed E-state index contributed by atoms with van der Waals surface area (Å²) in [4.78, 5) is 12.8. The summed E-state index contributed by atoms with van der Waals surface area (Å²) in [5.74, 6) is -0.789. The highest BCUT2D eigenvalue weighted by Crippen LogP contribution is 2.22. The van der Waals surface area contributed by atoms with Gasteiger partial charge in [0.15, 0.2) is 0 Å². The molecule has 1 rings (SSSR count). The van der Waals surface area contributed by atoms with E-state index in [9.17, 15) is 4.79 Å². The molecule has 0 radical (unpaired) electrons. The molecular weight excluding hydrogens is 252 g/mol. The molecule has 0 aliphatic heterocycles. The topological polar surface area (TPSA) is 64.3 Å². The van der Waals surface area contributed by atoms with Crippen LogP contribution in [0.2, 0.25) is 0 Å². The Balaban J connectivity index is 2.60. The summed E-state index contributed by atoms with van der Waals surface area (Å²) in [5, 5.41) is 17.8. The highest BCUT2D eigenvalue weighted by atomic mass is 16.4. The molecule has 0 bridgehead atoms. The SMILES string of the molecule is CC(C)(C#N)CCCN(CCC(=O)O)c1ccccc1. The van der Waals surface area contributed by atoms with Crippen LogP contribution in [0.5, 0.6) is 0 Å². The molecule has 1 aromatic rings. The summed E-state index contributed by atoms with van der Waals surface area (Å²) < 4.78 is 0. The molecule has 0 fully saturated rings. The van der Waals surface area contributed by atoms with Gasteiger partial charge < -0.3 is 10.0 Å². The molecule has 4 nitrogen and oxygen atoms in total. The summed E-state index contributed by atoms with van der Waals surface area (Å²) in [6.45, 7) is 5.11. The number of nitriles is 1. The lowest BCUT2D eigenvalue weighted by Gasteiger charge is -2.25. The number of nitrogens with zero attached hydrogens (tertiary/aromatic N) is 2. The summed E-state index contributed by atoms with van der Waals surface area (Å²) >= 11 is 0. The molecule has 0 amide bonds. The molecule has 20 heavy (non-hydrogen) atoms. The van der Waals surface area contributed by atoms with Gasteiger partial charge in [0, 0.05) is 18.8 Å². The molecule has 108 valence electrons. The third-order valence-electron chi connectivity index (χ3n) is 3.25. The van der Waals surface area contributed by atoms with E-state index in [0.29, 0.717) is 6.54 Å². The predicted molar refractivity (Wildman–Crippen MR) is 79.5 cm³/mol. The molecule has 0 aromatic heterocycles. The lowest BCUT2D eigenvalue weighted by Crippen LogP contribution is -2.28. The second kappa shape index (κ2) is 7.54. The van der Waals surface area contributed by atoms with Gasteiger partial charge in [0.05, 0.1) is 17.9 Å². The second-order valence-corrected chi connectivity index (χ2v) is 5.57. The molecule has 0 aliphatic rings. The summed E-state index contributed by atoms with van der Waals surface area (Å²) in [7, 11) is 0. The van der Waals surface area contributed by atoms with E-state index in [0.717, 1.165) is 25.1 Å². The minimum atomic E-state index is -0.789. The zero-order valence-corrected chi connectivity index (χ0v) is 12.2. The van der Waals surface area contributed by atoms with Crippen molar-refractivity contribution in [3.8, 4) is 6.07 Å². The van der Waals surface area contributed by atoms with E-state index < -0.39 is 5.97 Å². The van der Waals surface area contributed by atoms with E-state index in [4.69, 9.17) is 10.4 Å². The lowest BCUT2D eigenvalue weighted by atomic mass is 9.90. The molecule has 1 N–H and O–H groups in total. The van der Waals surface area contributed by atoms with Gasteiger partial charge in [0.2, 0.25) is 0 Å². The van der Waals surface area contributed by atoms with Crippen LogP contribution in [0.25, 0.3) is 0 Å². The first-order valence-corrected chi connectivity index (χ1v) is 6.88. The average molecular weight is 274 g/mol. The van der Waals surface area contributed by atoms with Gasteiger partial charge in [-0.25, -0.2) is 0 Å². The van der Waals surface area contributed by atoms with Crippen molar-refractivity contribution in [3.63, 3.8) is 0 Å². The maximum atomic E-state index is 10.7. The Kier molecular flexibility index (Phi) is 6.05. The van der Waals surface area contributed by atoms with E-state index >= 15 is 0 Å². The van der Waals surface area contributed by atoms with Crippen LogP contribution >= 0.6 is 0 Å². The summed E-state index contributed by atoms with van der Waals surface area (Å²) in [5.41, 5.74) is 0.707. The maximum absolute atomic E-state index is 10.7. The predicted octanol–water partition coefficient (Wildman–Crippen LogP) is 3.30.